The van der Waals surface area contributed by atoms with Crippen molar-refractivity contribution in [1.82, 2.24) is 19.8 Å². The van der Waals surface area contributed by atoms with Gasteiger partial charge in [0.1, 0.15) is 22.3 Å². The number of nitrogens with one attached hydrogen (secondary N) is 1. The Kier molecular flexibility index (Phi) is 5.99. The number of aryl methyl sites for hydroxylation is 1. The Morgan fingerprint density at radius 1 is 1.06 bits per heavy atom. The van der Waals surface area contributed by atoms with Crippen molar-refractivity contribution in [3.05, 3.63) is 48.3 Å². The molecule has 0 spiro atoms. The molecule has 160 valence electrons. The maximum atomic E-state index is 12.5. The van der Waals surface area contributed by atoms with Crippen LogP contribution >= 0.6 is 11.3 Å². The Hall–Kier alpha value is -3.66. The standard InChI is InChI=1S/C21H21N5O4S/c1-4-18-23-24-21-26(18)25-20(31-21)13-5-10-17(29-3)16(11-13)22-19(27)12-30-15-8-6-14(28-2)7-9-15/h5-11H,4,12H2,1-3H3,(H,22,27). The smallest absolute Gasteiger partial charge is 0.262 e. The first kappa shape index (κ1) is 20.6. The minimum absolute atomic E-state index is 0.143. The molecule has 0 aliphatic rings. The van der Waals surface area contributed by atoms with Crippen molar-refractivity contribution in [2.24, 2.45) is 0 Å². The van der Waals surface area contributed by atoms with E-state index in [9.17, 15) is 4.79 Å². The Labute approximate surface area is 182 Å². The number of hydrogen-bond donors (Lipinski definition) is 1. The molecule has 0 bridgehead atoms. The van der Waals surface area contributed by atoms with E-state index in [4.69, 9.17) is 14.2 Å². The molecule has 0 aliphatic carbocycles. The summed E-state index contributed by atoms with van der Waals surface area (Å²) in [7, 11) is 3.14. The molecular formula is C21H21N5O4S. The number of nitrogens with zero attached hydrogens (tertiary/aromatic N) is 4. The van der Waals surface area contributed by atoms with Crippen LogP contribution in [-0.4, -0.2) is 46.5 Å². The first-order valence-electron chi connectivity index (χ1n) is 9.57. The number of rotatable bonds is 8. The van der Waals surface area contributed by atoms with E-state index in [0.29, 0.717) is 17.2 Å². The van der Waals surface area contributed by atoms with Crippen molar-refractivity contribution < 1.29 is 19.0 Å². The Bertz CT molecular complexity index is 1200. The maximum Gasteiger partial charge on any atom is 0.262 e. The molecule has 31 heavy (non-hydrogen) atoms. The van der Waals surface area contributed by atoms with Gasteiger partial charge in [0.2, 0.25) is 4.96 Å². The van der Waals surface area contributed by atoms with E-state index >= 15 is 0 Å². The summed E-state index contributed by atoms with van der Waals surface area (Å²) in [5.41, 5.74) is 1.37. The summed E-state index contributed by atoms with van der Waals surface area (Å²) >= 11 is 1.43. The highest BCUT2D eigenvalue weighted by Crippen LogP contribution is 2.33. The van der Waals surface area contributed by atoms with Crippen molar-refractivity contribution in [2.75, 3.05) is 26.1 Å². The summed E-state index contributed by atoms with van der Waals surface area (Å²) in [4.78, 5) is 13.2. The zero-order chi connectivity index (χ0) is 21.8. The van der Waals surface area contributed by atoms with Gasteiger partial charge in [-0.05, 0) is 42.5 Å². The molecule has 1 N–H and O–H groups in total. The topological polar surface area (TPSA) is 99.9 Å². The molecule has 4 aromatic rings. The summed E-state index contributed by atoms with van der Waals surface area (Å²) in [6.45, 7) is 1.86. The number of amides is 1. The lowest BCUT2D eigenvalue weighted by molar-refractivity contribution is -0.118. The van der Waals surface area contributed by atoms with Gasteiger partial charge in [-0.15, -0.1) is 10.2 Å². The number of hydrogen-bond acceptors (Lipinski definition) is 8. The van der Waals surface area contributed by atoms with Crippen LogP contribution in [0.1, 0.15) is 12.7 Å². The molecule has 4 rings (SSSR count). The van der Waals surface area contributed by atoms with Gasteiger partial charge in [-0.25, -0.2) is 0 Å². The van der Waals surface area contributed by atoms with Gasteiger partial charge in [0.25, 0.3) is 5.91 Å². The molecule has 0 fully saturated rings. The van der Waals surface area contributed by atoms with E-state index in [1.807, 2.05) is 19.1 Å². The fourth-order valence-electron chi connectivity index (χ4n) is 2.94. The number of carbonyl (C=O) groups is 1. The lowest BCUT2D eigenvalue weighted by Gasteiger charge is -2.12. The third kappa shape index (κ3) is 4.43. The lowest BCUT2D eigenvalue weighted by Crippen LogP contribution is -2.20. The third-order valence-corrected chi connectivity index (χ3v) is 5.47. The Morgan fingerprint density at radius 3 is 2.55 bits per heavy atom. The summed E-state index contributed by atoms with van der Waals surface area (Å²) in [5.74, 6) is 2.32. The second-order valence-corrected chi connectivity index (χ2v) is 7.45. The average Bonchev–Trinajstić information content (AvgIpc) is 3.39. The number of carbonyl (C=O) groups excluding carboxylic acids is 1. The number of ether oxygens (including phenoxy) is 3. The van der Waals surface area contributed by atoms with E-state index in [-0.39, 0.29) is 12.5 Å². The number of benzene rings is 2. The van der Waals surface area contributed by atoms with Crippen LogP contribution < -0.4 is 19.5 Å². The summed E-state index contributed by atoms with van der Waals surface area (Å²) < 4.78 is 17.8. The van der Waals surface area contributed by atoms with E-state index in [0.717, 1.165) is 33.5 Å². The average molecular weight is 439 g/mol. The highest BCUT2D eigenvalue weighted by molar-refractivity contribution is 7.19. The predicted molar refractivity (Wildman–Crippen MR) is 117 cm³/mol. The summed E-state index contributed by atoms with van der Waals surface area (Å²) in [5, 5.41) is 16.5. The van der Waals surface area contributed by atoms with Gasteiger partial charge in [-0.1, -0.05) is 18.3 Å². The van der Waals surface area contributed by atoms with Gasteiger partial charge in [-0.3, -0.25) is 4.79 Å². The van der Waals surface area contributed by atoms with Crippen molar-refractivity contribution >= 4 is 27.9 Å². The zero-order valence-electron chi connectivity index (χ0n) is 17.3. The molecule has 0 aliphatic heterocycles. The van der Waals surface area contributed by atoms with Crippen LogP contribution in [0.15, 0.2) is 42.5 Å². The normalized spacial score (nSPS) is 10.8. The molecule has 2 aromatic carbocycles. The quantitative estimate of drug-likeness (QED) is 0.449. The minimum atomic E-state index is -0.308. The molecule has 0 saturated heterocycles. The minimum Gasteiger partial charge on any atom is -0.497 e. The van der Waals surface area contributed by atoms with E-state index in [2.05, 4.69) is 20.6 Å². The van der Waals surface area contributed by atoms with E-state index in [1.165, 1.54) is 11.3 Å². The molecule has 0 unspecified atom stereocenters. The molecular weight excluding hydrogens is 418 g/mol. The molecule has 0 saturated carbocycles. The highest BCUT2D eigenvalue weighted by atomic mass is 32.1. The molecule has 10 heteroatoms. The monoisotopic (exact) mass is 439 g/mol. The number of fused-ring (bicyclic) bond motifs is 1. The summed E-state index contributed by atoms with van der Waals surface area (Å²) in [6, 6.07) is 12.5. The van der Waals surface area contributed by atoms with E-state index in [1.54, 1.807) is 49.1 Å². The van der Waals surface area contributed by atoms with Gasteiger partial charge >= 0.3 is 0 Å². The zero-order valence-corrected chi connectivity index (χ0v) is 18.1. The fourth-order valence-corrected chi connectivity index (χ4v) is 3.79. The van der Waals surface area contributed by atoms with E-state index < -0.39 is 0 Å². The van der Waals surface area contributed by atoms with Crippen molar-refractivity contribution in [2.45, 2.75) is 13.3 Å². The molecule has 0 radical (unpaired) electrons. The van der Waals surface area contributed by atoms with Crippen LogP contribution in [0.4, 0.5) is 5.69 Å². The van der Waals surface area contributed by atoms with Gasteiger partial charge < -0.3 is 19.5 Å². The Morgan fingerprint density at radius 2 is 1.84 bits per heavy atom. The molecule has 0 atom stereocenters. The maximum absolute atomic E-state index is 12.5. The van der Waals surface area contributed by atoms with Crippen molar-refractivity contribution in [3.8, 4) is 27.8 Å². The van der Waals surface area contributed by atoms with Gasteiger partial charge in [0.15, 0.2) is 12.4 Å². The van der Waals surface area contributed by atoms with Crippen LogP contribution in [0.3, 0.4) is 0 Å². The number of anilines is 1. The lowest BCUT2D eigenvalue weighted by atomic mass is 10.2. The molecule has 1 amide bonds. The number of aromatic nitrogens is 4. The molecule has 2 heterocycles. The second-order valence-electron chi connectivity index (χ2n) is 6.50. The molecule has 2 aromatic heterocycles. The largest absolute Gasteiger partial charge is 0.497 e. The summed E-state index contributed by atoms with van der Waals surface area (Å²) in [6.07, 6.45) is 0.739. The first-order valence-corrected chi connectivity index (χ1v) is 10.4. The predicted octanol–water partition coefficient (Wildman–Crippen LogP) is 3.45. The highest BCUT2D eigenvalue weighted by Gasteiger charge is 2.15. The van der Waals surface area contributed by atoms with Crippen LogP contribution in [0, 0.1) is 0 Å². The first-order chi connectivity index (χ1) is 15.1. The SMILES string of the molecule is CCc1nnc2sc(-c3ccc(OC)c(NC(=O)COc4ccc(OC)cc4)c3)nn12. The molecule has 9 nitrogen and oxygen atoms in total. The fraction of sp³-hybridized carbons (Fsp3) is 0.238. The Balaban J connectivity index is 1.49. The third-order valence-electron chi connectivity index (χ3n) is 4.52. The van der Waals surface area contributed by atoms with Crippen molar-refractivity contribution in [1.29, 1.82) is 0 Å². The van der Waals surface area contributed by atoms with Crippen LogP contribution in [0.2, 0.25) is 0 Å². The number of methoxy groups -OCH3 is 2. The van der Waals surface area contributed by atoms with Crippen LogP contribution in [0.5, 0.6) is 17.2 Å². The van der Waals surface area contributed by atoms with Crippen LogP contribution in [0.25, 0.3) is 15.5 Å². The van der Waals surface area contributed by atoms with Gasteiger partial charge in [0, 0.05) is 12.0 Å². The van der Waals surface area contributed by atoms with Gasteiger partial charge in [-0.2, -0.15) is 9.61 Å². The van der Waals surface area contributed by atoms with Gasteiger partial charge in [0.05, 0.1) is 19.9 Å². The second kappa shape index (κ2) is 9.00. The van der Waals surface area contributed by atoms with Crippen LogP contribution in [-0.2, 0) is 11.2 Å². The van der Waals surface area contributed by atoms with Crippen molar-refractivity contribution in [3.63, 3.8) is 0 Å².